The van der Waals surface area contributed by atoms with Gasteiger partial charge in [0.15, 0.2) is 11.5 Å². The maximum atomic E-state index is 5.34. The van der Waals surface area contributed by atoms with Crippen LogP contribution >= 0.6 is 28.3 Å². The van der Waals surface area contributed by atoms with Crippen molar-refractivity contribution in [3.8, 4) is 11.5 Å². The average Bonchev–Trinajstić information content (AvgIpc) is 2.99. The highest BCUT2D eigenvalue weighted by molar-refractivity contribution is 9.10. The molecule has 0 aliphatic carbocycles. The van der Waals surface area contributed by atoms with Crippen LogP contribution in [0.25, 0.3) is 0 Å². The first kappa shape index (κ1) is 18.8. The van der Waals surface area contributed by atoms with Crippen LogP contribution in [0.2, 0.25) is 0 Å². The molecule has 122 valence electrons. The monoisotopic (exact) mass is 389 g/mol. The van der Waals surface area contributed by atoms with E-state index >= 15 is 0 Å². The molecule has 7 heteroatoms. The zero-order valence-electron chi connectivity index (χ0n) is 12.7. The van der Waals surface area contributed by atoms with Crippen molar-refractivity contribution in [3.05, 3.63) is 40.9 Å². The van der Waals surface area contributed by atoms with Gasteiger partial charge in [0.25, 0.3) is 0 Å². The molecule has 1 aromatic carbocycles. The fourth-order valence-corrected chi connectivity index (χ4v) is 2.76. The second kappa shape index (κ2) is 9.71. The first-order valence-corrected chi connectivity index (χ1v) is 7.60. The molecule has 2 aromatic rings. The van der Waals surface area contributed by atoms with Gasteiger partial charge in [0, 0.05) is 25.5 Å². The van der Waals surface area contributed by atoms with E-state index in [1.807, 2.05) is 24.7 Å². The molecule has 0 bridgehead atoms. The summed E-state index contributed by atoms with van der Waals surface area (Å²) in [6.07, 6.45) is 6.68. The molecule has 0 unspecified atom stereocenters. The molecule has 0 saturated heterocycles. The summed E-state index contributed by atoms with van der Waals surface area (Å²) in [7, 11) is 3.28. The van der Waals surface area contributed by atoms with Crippen molar-refractivity contribution in [1.82, 2.24) is 14.9 Å². The van der Waals surface area contributed by atoms with E-state index in [1.54, 1.807) is 20.4 Å². The van der Waals surface area contributed by atoms with Gasteiger partial charge >= 0.3 is 0 Å². The lowest BCUT2D eigenvalue weighted by atomic mass is 10.2. The van der Waals surface area contributed by atoms with Crippen LogP contribution in [0.4, 0.5) is 0 Å². The lowest BCUT2D eigenvalue weighted by Gasteiger charge is -2.12. The molecular weight excluding hydrogens is 370 g/mol. The maximum absolute atomic E-state index is 5.34. The van der Waals surface area contributed by atoms with E-state index in [2.05, 4.69) is 30.8 Å². The quantitative estimate of drug-likeness (QED) is 0.703. The lowest BCUT2D eigenvalue weighted by molar-refractivity contribution is 0.352. The minimum Gasteiger partial charge on any atom is -0.493 e. The maximum Gasteiger partial charge on any atom is 0.174 e. The third-order valence-electron chi connectivity index (χ3n) is 3.15. The van der Waals surface area contributed by atoms with Crippen LogP contribution in [0.3, 0.4) is 0 Å². The fraction of sp³-hybridized carbons (Fsp3) is 0.400. The van der Waals surface area contributed by atoms with Crippen molar-refractivity contribution in [2.24, 2.45) is 0 Å². The Morgan fingerprint density at radius 3 is 2.73 bits per heavy atom. The number of benzene rings is 1. The van der Waals surface area contributed by atoms with Crippen molar-refractivity contribution >= 4 is 28.3 Å². The zero-order valence-corrected chi connectivity index (χ0v) is 15.1. The normalized spacial score (nSPS) is 10.1. The summed E-state index contributed by atoms with van der Waals surface area (Å²) < 4.78 is 13.6. The molecule has 0 spiro atoms. The van der Waals surface area contributed by atoms with Gasteiger partial charge in [0.05, 0.1) is 25.0 Å². The van der Waals surface area contributed by atoms with Crippen LogP contribution < -0.4 is 14.8 Å². The molecule has 0 radical (unpaired) electrons. The third-order valence-corrected chi connectivity index (χ3v) is 3.74. The number of imidazole rings is 1. The van der Waals surface area contributed by atoms with Crippen molar-refractivity contribution < 1.29 is 9.47 Å². The molecule has 2 rings (SSSR count). The van der Waals surface area contributed by atoms with E-state index in [1.165, 1.54) is 0 Å². The number of hydrogen-bond acceptors (Lipinski definition) is 4. The smallest absolute Gasteiger partial charge is 0.174 e. The van der Waals surface area contributed by atoms with Gasteiger partial charge < -0.3 is 19.4 Å². The van der Waals surface area contributed by atoms with Gasteiger partial charge in [0.1, 0.15) is 0 Å². The molecule has 0 atom stereocenters. The van der Waals surface area contributed by atoms with Crippen molar-refractivity contribution in [2.75, 3.05) is 20.8 Å². The van der Waals surface area contributed by atoms with Crippen molar-refractivity contribution in [2.45, 2.75) is 19.5 Å². The predicted molar refractivity (Wildman–Crippen MR) is 93.0 cm³/mol. The van der Waals surface area contributed by atoms with Gasteiger partial charge in [-0.1, -0.05) is 0 Å². The molecular formula is C15H21BrClN3O2. The average molecular weight is 391 g/mol. The highest BCUT2D eigenvalue weighted by atomic mass is 79.9. The standard InChI is InChI=1S/C15H20BrN3O2.ClH/c1-20-14-9-12(8-13(16)15(14)21-2)10-17-4-3-6-19-7-5-18-11-19;/h5,7-9,11,17H,3-4,6,10H2,1-2H3;1H. The molecule has 0 aliphatic heterocycles. The molecule has 0 saturated carbocycles. The second-order valence-electron chi connectivity index (χ2n) is 4.64. The first-order chi connectivity index (χ1) is 10.2. The van der Waals surface area contributed by atoms with Crippen LogP contribution in [0.5, 0.6) is 11.5 Å². The van der Waals surface area contributed by atoms with Gasteiger partial charge in [0.2, 0.25) is 0 Å². The number of ether oxygens (including phenoxy) is 2. The fourth-order valence-electron chi connectivity index (χ4n) is 2.11. The summed E-state index contributed by atoms with van der Waals surface area (Å²) in [4.78, 5) is 4.03. The molecule has 0 amide bonds. The van der Waals surface area contributed by atoms with E-state index in [0.717, 1.165) is 47.6 Å². The number of rotatable bonds is 8. The first-order valence-electron chi connectivity index (χ1n) is 6.81. The Labute approximate surface area is 145 Å². The third kappa shape index (κ3) is 5.19. The van der Waals surface area contributed by atoms with Gasteiger partial charge in [-0.2, -0.15) is 0 Å². The number of aryl methyl sites for hydroxylation is 1. The van der Waals surface area contributed by atoms with E-state index in [-0.39, 0.29) is 12.4 Å². The highest BCUT2D eigenvalue weighted by Crippen LogP contribution is 2.36. The number of halogens is 2. The molecule has 0 fully saturated rings. The van der Waals surface area contributed by atoms with Crippen LogP contribution in [-0.4, -0.2) is 30.3 Å². The Balaban J connectivity index is 0.00000242. The second-order valence-corrected chi connectivity index (χ2v) is 5.50. The predicted octanol–water partition coefficient (Wildman–Crippen LogP) is 3.26. The summed E-state index contributed by atoms with van der Waals surface area (Å²) in [6.45, 7) is 2.72. The number of nitrogens with one attached hydrogen (secondary N) is 1. The molecule has 5 nitrogen and oxygen atoms in total. The molecule has 1 aromatic heterocycles. The minimum absolute atomic E-state index is 0. The number of methoxy groups -OCH3 is 2. The number of nitrogens with zero attached hydrogens (tertiary/aromatic N) is 2. The van der Waals surface area contributed by atoms with Gasteiger partial charge in [-0.05, 0) is 46.6 Å². The van der Waals surface area contributed by atoms with E-state index in [9.17, 15) is 0 Å². The van der Waals surface area contributed by atoms with Gasteiger partial charge in [-0.15, -0.1) is 12.4 Å². The number of aromatic nitrogens is 2. The van der Waals surface area contributed by atoms with Crippen LogP contribution in [0.1, 0.15) is 12.0 Å². The van der Waals surface area contributed by atoms with Crippen LogP contribution in [0.15, 0.2) is 35.3 Å². The Kier molecular flexibility index (Phi) is 8.30. The largest absolute Gasteiger partial charge is 0.493 e. The van der Waals surface area contributed by atoms with Crippen molar-refractivity contribution in [3.63, 3.8) is 0 Å². The SMILES string of the molecule is COc1cc(CNCCCn2ccnc2)cc(Br)c1OC.Cl. The Hall–Kier alpha value is -1.24. The van der Waals surface area contributed by atoms with Crippen molar-refractivity contribution in [1.29, 1.82) is 0 Å². The summed E-state index contributed by atoms with van der Waals surface area (Å²) >= 11 is 3.50. The van der Waals surface area contributed by atoms with Gasteiger partial charge in [-0.25, -0.2) is 4.98 Å². The summed E-state index contributed by atoms with van der Waals surface area (Å²) in [5.41, 5.74) is 1.15. The zero-order chi connectivity index (χ0) is 15.1. The minimum atomic E-state index is 0. The topological polar surface area (TPSA) is 48.3 Å². The molecule has 0 aliphatic rings. The molecule has 1 heterocycles. The van der Waals surface area contributed by atoms with E-state index in [0.29, 0.717) is 0 Å². The van der Waals surface area contributed by atoms with E-state index in [4.69, 9.17) is 9.47 Å². The van der Waals surface area contributed by atoms with E-state index < -0.39 is 0 Å². The summed E-state index contributed by atoms with van der Waals surface area (Å²) in [6, 6.07) is 4.04. The molecule has 22 heavy (non-hydrogen) atoms. The summed E-state index contributed by atoms with van der Waals surface area (Å²) in [5.74, 6) is 1.46. The summed E-state index contributed by atoms with van der Waals surface area (Å²) in [5, 5.41) is 3.43. The van der Waals surface area contributed by atoms with Gasteiger partial charge in [-0.3, -0.25) is 0 Å². The van der Waals surface area contributed by atoms with Crippen LogP contribution in [0, 0.1) is 0 Å². The highest BCUT2D eigenvalue weighted by Gasteiger charge is 2.10. The number of hydrogen-bond donors (Lipinski definition) is 1. The van der Waals surface area contributed by atoms with Crippen LogP contribution in [-0.2, 0) is 13.1 Å². The Morgan fingerprint density at radius 2 is 2.09 bits per heavy atom. The lowest BCUT2D eigenvalue weighted by Crippen LogP contribution is -2.16. The molecule has 1 N–H and O–H groups in total. The Morgan fingerprint density at radius 1 is 1.27 bits per heavy atom. The Bertz CT molecular complexity index is 564.